The number of hydrogen-bond donors (Lipinski definition) is 1. The van der Waals surface area contributed by atoms with Crippen LogP contribution in [0.5, 0.6) is 5.88 Å². The molecule has 2 saturated heterocycles. The molecule has 0 aliphatic carbocycles. The number of nitrogens with one attached hydrogen (secondary N) is 1. The summed E-state index contributed by atoms with van der Waals surface area (Å²) in [5.74, 6) is 1.83. The van der Waals surface area contributed by atoms with Crippen molar-refractivity contribution in [1.29, 1.82) is 0 Å². The van der Waals surface area contributed by atoms with E-state index < -0.39 is 0 Å². The van der Waals surface area contributed by atoms with E-state index >= 15 is 0 Å². The summed E-state index contributed by atoms with van der Waals surface area (Å²) in [7, 11) is 3.48. The lowest BCUT2D eigenvalue weighted by atomic mass is 9.79. The van der Waals surface area contributed by atoms with Crippen LogP contribution in [-0.4, -0.2) is 59.4 Å². The number of methoxy groups -OCH3 is 1. The van der Waals surface area contributed by atoms with Crippen molar-refractivity contribution in [3.05, 3.63) is 36.4 Å². The van der Waals surface area contributed by atoms with Crippen LogP contribution in [0.15, 0.2) is 30.7 Å². The number of rotatable bonds is 6. The molecule has 144 valence electrons. The highest BCUT2D eigenvalue weighted by molar-refractivity contribution is 5.92. The Morgan fingerprint density at radius 2 is 2.30 bits per heavy atom. The Labute approximate surface area is 158 Å². The highest BCUT2D eigenvalue weighted by Gasteiger charge is 2.53. The van der Waals surface area contributed by atoms with Crippen molar-refractivity contribution >= 4 is 11.7 Å². The van der Waals surface area contributed by atoms with Gasteiger partial charge in [-0.05, 0) is 30.9 Å². The predicted octanol–water partition coefficient (Wildman–Crippen LogP) is 1.24. The molecular weight excluding hydrogens is 346 g/mol. The molecule has 0 aromatic carbocycles. The molecular formula is C19H25N5O3. The summed E-state index contributed by atoms with van der Waals surface area (Å²) < 4.78 is 13.1. The summed E-state index contributed by atoms with van der Waals surface area (Å²) >= 11 is 0. The monoisotopic (exact) mass is 371 g/mol. The summed E-state index contributed by atoms with van der Waals surface area (Å²) in [6.45, 7) is 3.05. The number of aromatic nitrogens is 3. The van der Waals surface area contributed by atoms with E-state index in [1.807, 2.05) is 36.0 Å². The lowest BCUT2D eigenvalue weighted by Gasteiger charge is -2.50. The maximum atomic E-state index is 12.2. The van der Waals surface area contributed by atoms with Gasteiger partial charge in [-0.1, -0.05) is 0 Å². The topological polar surface area (TPSA) is 81.5 Å². The van der Waals surface area contributed by atoms with Gasteiger partial charge in [-0.3, -0.25) is 4.79 Å². The summed E-state index contributed by atoms with van der Waals surface area (Å²) in [5.41, 5.74) is 0.549. The average molecular weight is 371 g/mol. The number of carbonyl (C=O) groups is 1. The van der Waals surface area contributed by atoms with E-state index in [9.17, 15) is 4.79 Å². The van der Waals surface area contributed by atoms with Gasteiger partial charge in [0.2, 0.25) is 5.88 Å². The van der Waals surface area contributed by atoms with Crippen molar-refractivity contribution in [3.63, 3.8) is 0 Å². The summed E-state index contributed by atoms with van der Waals surface area (Å²) in [6.07, 6.45) is 5.34. The molecule has 2 fully saturated rings. The van der Waals surface area contributed by atoms with Gasteiger partial charge in [-0.25, -0.2) is 9.97 Å². The third-order valence-corrected chi connectivity index (χ3v) is 5.63. The molecule has 4 heterocycles. The molecule has 8 nitrogen and oxygen atoms in total. The molecule has 4 rings (SSSR count). The third-order valence-electron chi connectivity index (χ3n) is 5.63. The van der Waals surface area contributed by atoms with E-state index in [2.05, 4.69) is 20.2 Å². The van der Waals surface area contributed by atoms with Crippen LogP contribution in [0.4, 0.5) is 5.82 Å². The minimum Gasteiger partial charge on any atom is -0.481 e. The van der Waals surface area contributed by atoms with E-state index in [0.717, 1.165) is 38.4 Å². The van der Waals surface area contributed by atoms with Crippen molar-refractivity contribution in [2.75, 3.05) is 38.3 Å². The van der Waals surface area contributed by atoms with Gasteiger partial charge in [-0.2, -0.15) is 0 Å². The fourth-order valence-corrected chi connectivity index (χ4v) is 4.07. The van der Waals surface area contributed by atoms with Crippen LogP contribution >= 0.6 is 0 Å². The van der Waals surface area contributed by atoms with Crippen molar-refractivity contribution in [2.45, 2.75) is 18.4 Å². The van der Waals surface area contributed by atoms with Crippen LogP contribution in [0, 0.1) is 5.92 Å². The van der Waals surface area contributed by atoms with Crippen molar-refractivity contribution < 1.29 is 14.3 Å². The molecule has 8 heteroatoms. The normalized spacial score (nSPS) is 20.5. The van der Waals surface area contributed by atoms with Gasteiger partial charge in [-0.15, -0.1) is 0 Å². The Morgan fingerprint density at radius 3 is 3.04 bits per heavy atom. The predicted molar refractivity (Wildman–Crippen MR) is 100.0 cm³/mol. The lowest BCUT2D eigenvalue weighted by Crippen LogP contribution is -2.65. The minimum atomic E-state index is -0.131. The first-order chi connectivity index (χ1) is 13.1. The van der Waals surface area contributed by atoms with Gasteiger partial charge in [0.05, 0.1) is 20.2 Å². The zero-order valence-electron chi connectivity index (χ0n) is 15.7. The standard InChI is InChI=1S/C19H25N5O3/c1-23-8-3-4-15(23)18(25)20-7-5-14-6-9-27-19(14)11-24(12-19)16-10-17(26-2)22-13-21-16/h3-4,8,10,13-14H,5-7,9,11-12H2,1-2H3,(H,20,25)/t14-/m0/s1. The van der Waals surface area contributed by atoms with E-state index in [1.165, 1.54) is 6.33 Å². The SMILES string of the molecule is COc1cc(N2CC3(C2)OCC[C@@H]3CCNC(=O)c2cccn2C)ncn1. The maximum absolute atomic E-state index is 12.2. The molecule has 1 amide bonds. The van der Waals surface area contributed by atoms with Gasteiger partial charge >= 0.3 is 0 Å². The first-order valence-corrected chi connectivity index (χ1v) is 9.26. The molecule has 2 aliphatic heterocycles. The highest BCUT2D eigenvalue weighted by atomic mass is 16.5. The number of amides is 1. The van der Waals surface area contributed by atoms with Crippen LogP contribution in [-0.2, 0) is 11.8 Å². The van der Waals surface area contributed by atoms with Crippen LogP contribution in [0.25, 0.3) is 0 Å². The zero-order chi connectivity index (χ0) is 18.9. The average Bonchev–Trinajstić information content (AvgIpc) is 3.26. The molecule has 2 aromatic heterocycles. The fraction of sp³-hybridized carbons (Fsp3) is 0.526. The molecule has 2 aromatic rings. The van der Waals surface area contributed by atoms with Gasteiger partial charge in [0.1, 0.15) is 23.4 Å². The Hall–Kier alpha value is -2.61. The van der Waals surface area contributed by atoms with E-state index in [0.29, 0.717) is 24.0 Å². The van der Waals surface area contributed by atoms with Gasteiger partial charge < -0.3 is 24.3 Å². The van der Waals surface area contributed by atoms with Gasteiger partial charge in [0, 0.05) is 32.5 Å². The summed E-state index contributed by atoms with van der Waals surface area (Å²) in [5, 5.41) is 3.03. The number of aryl methyl sites for hydroxylation is 1. The van der Waals surface area contributed by atoms with Crippen LogP contribution in [0.3, 0.4) is 0 Å². The number of hydrogen-bond acceptors (Lipinski definition) is 6. The van der Waals surface area contributed by atoms with Crippen LogP contribution < -0.4 is 15.0 Å². The fourth-order valence-electron chi connectivity index (χ4n) is 4.07. The van der Waals surface area contributed by atoms with Crippen molar-refractivity contribution in [2.24, 2.45) is 13.0 Å². The second-order valence-corrected chi connectivity index (χ2v) is 7.22. The summed E-state index contributed by atoms with van der Waals surface area (Å²) in [6, 6.07) is 5.55. The molecule has 0 unspecified atom stereocenters. The molecule has 27 heavy (non-hydrogen) atoms. The Balaban J connectivity index is 1.31. The largest absolute Gasteiger partial charge is 0.481 e. The number of anilines is 1. The van der Waals surface area contributed by atoms with Crippen LogP contribution in [0.1, 0.15) is 23.3 Å². The Bertz CT molecular complexity index is 815. The quantitative estimate of drug-likeness (QED) is 0.823. The van der Waals surface area contributed by atoms with Gasteiger partial charge in [0.25, 0.3) is 5.91 Å². The molecule has 2 aliphatic rings. The zero-order valence-corrected chi connectivity index (χ0v) is 15.7. The molecule has 0 saturated carbocycles. The molecule has 0 radical (unpaired) electrons. The van der Waals surface area contributed by atoms with Crippen molar-refractivity contribution in [3.8, 4) is 5.88 Å². The van der Waals surface area contributed by atoms with E-state index in [4.69, 9.17) is 9.47 Å². The lowest BCUT2D eigenvalue weighted by molar-refractivity contribution is -0.0455. The van der Waals surface area contributed by atoms with E-state index in [1.54, 1.807) is 7.11 Å². The maximum Gasteiger partial charge on any atom is 0.267 e. The van der Waals surface area contributed by atoms with Crippen LogP contribution in [0.2, 0.25) is 0 Å². The second-order valence-electron chi connectivity index (χ2n) is 7.22. The number of carbonyl (C=O) groups excluding carboxylic acids is 1. The first kappa shape index (κ1) is 17.8. The molecule has 1 atom stereocenters. The molecule has 0 bridgehead atoms. The number of ether oxygens (including phenoxy) is 2. The molecule has 1 N–H and O–H groups in total. The van der Waals surface area contributed by atoms with E-state index in [-0.39, 0.29) is 11.5 Å². The minimum absolute atomic E-state index is 0.0289. The van der Waals surface area contributed by atoms with Crippen molar-refractivity contribution in [1.82, 2.24) is 19.9 Å². The smallest absolute Gasteiger partial charge is 0.267 e. The third kappa shape index (κ3) is 3.37. The summed E-state index contributed by atoms with van der Waals surface area (Å²) in [4.78, 5) is 22.8. The number of nitrogens with zero attached hydrogens (tertiary/aromatic N) is 4. The van der Waals surface area contributed by atoms with Gasteiger partial charge in [0.15, 0.2) is 0 Å². The highest BCUT2D eigenvalue weighted by Crippen LogP contribution is 2.43. The Morgan fingerprint density at radius 1 is 1.44 bits per heavy atom. The molecule has 1 spiro atoms. The Kier molecular flexibility index (Phi) is 4.73. The second kappa shape index (κ2) is 7.19. The first-order valence-electron chi connectivity index (χ1n) is 9.26.